The van der Waals surface area contributed by atoms with E-state index in [4.69, 9.17) is 11.5 Å². The zero-order chi connectivity index (χ0) is 8.72. The van der Waals surface area contributed by atoms with Crippen molar-refractivity contribution in [3.05, 3.63) is 12.3 Å². The summed E-state index contributed by atoms with van der Waals surface area (Å²) in [6, 6.07) is 1.77. The van der Waals surface area contributed by atoms with E-state index in [1.54, 1.807) is 24.0 Å². The minimum Gasteiger partial charge on any atom is -0.397 e. The summed E-state index contributed by atoms with van der Waals surface area (Å²) in [4.78, 5) is 4.10. The first-order valence-electron chi connectivity index (χ1n) is 3.52. The van der Waals surface area contributed by atoms with Gasteiger partial charge in [0.1, 0.15) is 0 Å². The molecule has 0 spiro atoms. The van der Waals surface area contributed by atoms with Crippen molar-refractivity contribution in [1.29, 1.82) is 0 Å². The van der Waals surface area contributed by atoms with Gasteiger partial charge in [-0.2, -0.15) is 5.10 Å². The van der Waals surface area contributed by atoms with Gasteiger partial charge in [-0.05, 0) is 6.07 Å². The number of aryl methyl sites for hydroxylation is 1. The maximum absolute atomic E-state index is 5.62. The second-order valence-corrected chi connectivity index (χ2v) is 2.65. The molecule has 0 bridgehead atoms. The Labute approximate surface area is 69.0 Å². The van der Waals surface area contributed by atoms with Gasteiger partial charge in [0, 0.05) is 7.05 Å². The van der Waals surface area contributed by atoms with Crippen molar-refractivity contribution in [3.8, 4) is 0 Å². The number of nitrogens with two attached hydrogens (primary N) is 2. The van der Waals surface area contributed by atoms with Crippen molar-refractivity contribution in [1.82, 2.24) is 14.8 Å². The van der Waals surface area contributed by atoms with Crippen LogP contribution >= 0.6 is 0 Å². The van der Waals surface area contributed by atoms with Crippen LogP contribution in [0.15, 0.2) is 12.3 Å². The predicted molar refractivity (Wildman–Crippen MR) is 47.3 cm³/mol. The fraction of sp³-hybridized carbons (Fsp3) is 0.143. The average molecular weight is 163 g/mol. The maximum atomic E-state index is 5.62. The Morgan fingerprint density at radius 2 is 2.17 bits per heavy atom. The van der Waals surface area contributed by atoms with Crippen LogP contribution in [0, 0.1) is 0 Å². The number of fused-ring (bicyclic) bond motifs is 1. The molecule has 0 aliphatic heterocycles. The lowest BCUT2D eigenvalue weighted by Gasteiger charge is -1.93. The van der Waals surface area contributed by atoms with Crippen LogP contribution in [0.3, 0.4) is 0 Å². The van der Waals surface area contributed by atoms with Gasteiger partial charge in [0.2, 0.25) is 0 Å². The Hall–Kier alpha value is -1.78. The topological polar surface area (TPSA) is 82.8 Å². The number of hydrogen-bond donors (Lipinski definition) is 2. The molecule has 5 heteroatoms. The van der Waals surface area contributed by atoms with Gasteiger partial charge in [-0.3, -0.25) is 0 Å². The van der Waals surface area contributed by atoms with Crippen molar-refractivity contribution < 1.29 is 0 Å². The highest BCUT2D eigenvalue weighted by atomic mass is 15.3. The second kappa shape index (κ2) is 2.10. The first-order valence-corrected chi connectivity index (χ1v) is 3.52. The highest BCUT2D eigenvalue weighted by Crippen LogP contribution is 2.19. The average Bonchev–Trinajstić information content (AvgIpc) is 2.28. The van der Waals surface area contributed by atoms with Crippen molar-refractivity contribution in [2.75, 3.05) is 11.5 Å². The number of aromatic nitrogens is 3. The summed E-state index contributed by atoms with van der Waals surface area (Å²) in [7, 11) is 1.79. The zero-order valence-electron chi connectivity index (χ0n) is 6.65. The molecule has 0 saturated heterocycles. The van der Waals surface area contributed by atoms with Gasteiger partial charge in [0.15, 0.2) is 11.5 Å². The Balaban J connectivity index is 2.90. The van der Waals surface area contributed by atoms with Crippen LogP contribution in [0.4, 0.5) is 11.5 Å². The standard InChI is InChI=1S/C7H9N5/c1-12-7-5(6(9)11-12)2-4(8)3-10-7/h2-3H,8H2,1H3,(H2,9,11). The van der Waals surface area contributed by atoms with Crippen molar-refractivity contribution in [2.45, 2.75) is 0 Å². The number of anilines is 2. The summed E-state index contributed by atoms with van der Waals surface area (Å²) >= 11 is 0. The third-order valence-corrected chi connectivity index (χ3v) is 1.73. The van der Waals surface area contributed by atoms with Gasteiger partial charge < -0.3 is 11.5 Å². The minimum absolute atomic E-state index is 0.465. The number of hydrogen-bond acceptors (Lipinski definition) is 4. The zero-order valence-corrected chi connectivity index (χ0v) is 6.65. The van der Waals surface area contributed by atoms with E-state index in [1.807, 2.05) is 0 Å². The van der Waals surface area contributed by atoms with Gasteiger partial charge in [0.25, 0.3) is 0 Å². The predicted octanol–water partition coefficient (Wildman–Crippen LogP) is 0.133. The Morgan fingerprint density at radius 1 is 1.42 bits per heavy atom. The highest BCUT2D eigenvalue weighted by Gasteiger charge is 2.05. The molecule has 2 heterocycles. The SMILES string of the molecule is Cn1nc(N)c2cc(N)cnc21. The normalized spacial score (nSPS) is 10.8. The monoisotopic (exact) mass is 163 g/mol. The van der Waals surface area contributed by atoms with Gasteiger partial charge >= 0.3 is 0 Å². The van der Waals surface area contributed by atoms with Crippen LogP contribution < -0.4 is 11.5 Å². The van der Waals surface area contributed by atoms with Crippen LogP contribution in [-0.4, -0.2) is 14.8 Å². The summed E-state index contributed by atoms with van der Waals surface area (Å²) in [5.74, 6) is 0.465. The molecule has 2 aromatic rings. The molecule has 12 heavy (non-hydrogen) atoms. The smallest absolute Gasteiger partial charge is 0.159 e. The molecule has 0 atom stereocenters. The second-order valence-electron chi connectivity index (χ2n) is 2.65. The molecule has 0 aromatic carbocycles. The van der Waals surface area contributed by atoms with Gasteiger partial charge in [-0.1, -0.05) is 0 Å². The van der Waals surface area contributed by atoms with Crippen molar-refractivity contribution >= 4 is 22.5 Å². The number of rotatable bonds is 0. The lowest BCUT2D eigenvalue weighted by molar-refractivity contribution is 0.791. The first kappa shape index (κ1) is 6.90. The molecule has 2 rings (SSSR count). The number of nitrogen functional groups attached to an aromatic ring is 2. The van der Waals surface area contributed by atoms with Crippen LogP contribution in [0.5, 0.6) is 0 Å². The Bertz CT molecular complexity index is 431. The quantitative estimate of drug-likeness (QED) is 0.578. The first-order chi connectivity index (χ1) is 5.68. The molecule has 0 amide bonds. The molecular weight excluding hydrogens is 154 g/mol. The number of pyridine rings is 1. The highest BCUT2D eigenvalue weighted by molar-refractivity contribution is 5.88. The molecule has 0 aliphatic rings. The molecule has 0 fully saturated rings. The largest absolute Gasteiger partial charge is 0.397 e. The molecule has 5 nitrogen and oxygen atoms in total. The summed E-state index contributed by atoms with van der Waals surface area (Å²) in [5.41, 5.74) is 12.5. The third-order valence-electron chi connectivity index (χ3n) is 1.73. The molecule has 62 valence electrons. The molecule has 0 saturated carbocycles. The summed E-state index contributed by atoms with van der Waals surface area (Å²) in [6.45, 7) is 0. The maximum Gasteiger partial charge on any atom is 0.159 e. The Kier molecular flexibility index (Phi) is 1.21. The van der Waals surface area contributed by atoms with E-state index in [-0.39, 0.29) is 0 Å². The van der Waals surface area contributed by atoms with Crippen LogP contribution in [-0.2, 0) is 7.05 Å². The summed E-state index contributed by atoms with van der Waals surface area (Å²) in [5, 5.41) is 4.81. The molecule has 0 radical (unpaired) electrons. The van der Waals surface area contributed by atoms with Crippen LogP contribution in [0.1, 0.15) is 0 Å². The molecular formula is C7H9N5. The van der Waals surface area contributed by atoms with E-state index in [2.05, 4.69) is 10.1 Å². The van der Waals surface area contributed by atoms with E-state index in [1.165, 1.54) is 0 Å². The summed E-state index contributed by atoms with van der Waals surface area (Å²) < 4.78 is 1.63. The van der Waals surface area contributed by atoms with Gasteiger partial charge in [-0.25, -0.2) is 9.67 Å². The molecule has 0 aliphatic carbocycles. The lowest BCUT2D eigenvalue weighted by atomic mass is 10.3. The van der Waals surface area contributed by atoms with E-state index >= 15 is 0 Å². The van der Waals surface area contributed by atoms with Crippen molar-refractivity contribution in [2.24, 2.45) is 7.05 Å². The van der Waals surface area contributed by atoms with Gasteiger partial charge in [-0.15, -0.1) is 0 Å². The lowest BCUT2D eigenvalue weighted by Crippen LogP contribution is -1.92. The van der Waals surface area contributed by atoms with E-state index in [9.17, 15) is 0 Å². The molecule has 2 aromatic heterocycles. The van der Waals surface area contributed by atoms with E-state index in [0.717, 1.165) is 11.0 Å². The van der Waals surface area contributed by atoms with Crippen molar-refractivity contribution in [3.63, 3.8) is 0 Å². The summed E-state index contributed by atoms with van der Waals surface area (Å²) in [6.07, 6.45) is 1.59. The fourth-order valence-electron chi connectivity index (χ4n) is 1.18. The van der Waals surface area contributed by atoms with E-state index < -0.39 is 0 Å². The Morgan fingerprint density at radius 3 is 2.92 bits per heavy atom. The van der Waals surface area contributed by atoms with Gasteiger partial charge in [0.05, 0.1) is 17.3 Å². The van der Waals surface area contributed by atoms with Crippen LogP contribution in [0.2, 0.25) is 0 Å². The minimum atomic E-state index is 0.465. The fourth-order valence-corrected chi connectivity index (χ4v) is 1.18. The number of nitrogens with zero attached hydrogens (tertiary/aromatic N) is 3. The van der Waals surface area contributed by atoms with E-state index in [0.29, 0.717) is 11.5 Å². The third kappa shape index (κ3) is 0.795. The molecule has 4 N–H and O–H groups in total. The van der Waals surface area contributed by atoms with Crippen LogP contribution in [0.25, 0.3) is 11.0 Å². The molecule has 0 unspecified atom stereocenters.